The van der Waals surface area contributed by atoms with Crippen LogP contribution in [0.3, 0.4) is 0 Å². The van der Waals surface area contributed by atoms with Gasteiger partial charge in [-0.25, -0.2) is 5.11 Å². The Morgan fingerprint density at radius 3 is 2.69 bits per heavy atom. The van der Waals surface area contributed by atoms with Gasteiger partial charge in [0.2, 0.25) is 0 Å². The molecule has 0 unspecified atom stereocenters. The van der Waals surface area contributed by atoms with Gasteiger partial charge in [-0.2, -0.15) is 0 Å². The van der Waals surface area contributed by atoms with E-state index in [1.165, 1.54) is 0 Å². The molecule has 13 heavy (non-hydrogen) atoms. The summed E-state index contributed by atoms with van der Waals surface area (Å²) in [6, 6.07) is 12.1. The Labute approximate surface area is 77.6 Å². The van der Waals surface area contributed by atoms with Crippen molar-refractivity contribution in [2.75, 3.05) is 0 Å². The van der Waals surface area contributed by atoms with Crippen LogP contribution in [0.15, 0.2) is 36.4 Å². The molecule has 0 spiro atoms. The third kappa shape index (κ3) is 1.43. The minimum Gasteiger partial charge on any atom is -0.232 e. The normalized spacial score (nSPS) is 10.6. The summed E-state index contributed by atoms with van der Waals surface area (Å²) in [7, 11) is 0. The predicted octanol–water partition coefficient (Wildman–Crippen LogP) is 3.08. The van der Waals surface area contributed by atoms with Gasteiger partial charge < -0.3 is 0 Å². The number of rotatable bonds is 1. The van der Waals surface area contributed by atoms with Gasteiger partial charge in [0.05, 0.1) is 0 Å². The Hall–Kier alpha value is -1.34. The van der Waals surface area contributed by atoms with E-state index >= 15 is 0 Å². The minimum absolute atomic E-state index is 0.137. The van der Waals surface area contributed by atoms with E-state index in [1.54, 1.807) is 0 Å². The van der Waals surface area contributed by atoms with Gasteiger partial charge in [0.15, 0.2) is 0 Å². The number of aryl methyl sites for hydroxylation is 1. The molecule has 0 aliphatic rings. The molecule has 0 N–H and O–H groups in total. The summed E-state index contributed by atoms with van der Waals surface area (Å²) in [6.07, 6.45) is 0. The SMILES string of the molecule is Cc1cc(C[O])c2ccccc2c1. The summed E-state index contributed by atoms with van der Waals surface area (Å²) in [4.78, 5) is 0. The first kappa shape index (κ1) is 8.27. The highest BCUT2D eigenvalue weighted by molar-refractivity contribution is 5.86. The Balaban J connectivity index is 2.81. The lowest BCUT2D eigenvalue weighted by Crippen LogP contribution is -1.86. The molecule has 0 bridgehead atoms. The van der Waals surface area contributed by atoms with E-state index in [9.17, 15) is 5.11 Å². The first-order chi connectivity index (χ1) is 6.31. The zero-order valence-corrected chi connectivity index (χ0v) is 7.58. The topological polar surface area (TPSA) is 19.9 Å². The van der Waals surface area contributed by atoms with Crippen LogP contribution in [0.4, 0.5) is 0 Å². The molecule has 2 rings (SSSR count). The molecule has 2 aromatic carbocycles. The van der Waals surface area contributed by atoms with Crippen molar-refractivity contribution < 1.29 is 5.11 Å². The summed E-state index contributed by atoms with van der Waals surface area (Å²) in [5.74, 6) is 0. The molecule has 0 atom stereocenters. The van der Waals surface area contributed by atoms with Crippen molar-refractivity contribution in [1.82, 2.24) is 0 Å². The van der Waals surface area contributed by atoms with Crippen molar-refractivity contribution in [1.29, 1.82) is 0 Å². The molecule has 1 nitrogen and oxygen atoms in total. The molecule has 1 radical (unpaired) electrons. The van der Waals surface area contributed by atoms with Crippen LogP contribution >= 0.6 is 0 Å². The quantitative estimate of drug-likeness (QED) is 0.628. The van der Waals surface area contributed by atoms with Crippen LogP contribution in [0.1, 0.15) is 11.1 Å². The van der Waals surface area contributed by atoms with Crippen LogP contribution in [0, 0.1) is 6.92 Å². The van der Waals surface area contributed by atoms with Crippen molar-refractivity contribution in [3.8, 4) is 0 Å². The minimum atomic E-state index is -0.137. The molecule has 0 fully saturated rings. The van der Waals surface area contributed by atoms with Crippen LogP contribution in [-0.2, 0) is 11.7 Å². The van der Waals surface area contributed by atoms with Gasteiger partial charge in [-0.1, -0.05) is 42.0 Å². The zero-order chi connectivity index (χ0) is 9.26. The lowest BCUT2D eigenvalue weighted by atomic mass is 10.0. The lowest BCUT2D eigenvalue weighted by Gasteiger charge is -2.04. The Morgan fingerprint density at radius 2 is 1.92 bits per heavy atom. The highest BCUT2D eigenvalue weighted by atomic mass is 16.3. The first-order valence-corrected chi connectivity index (χ1v) is 4.37. The maximum atomic E-state index is 10.9. The van der Waals surface area contributed by atoms with E-state index in [2.05, 4.69) is 6.07 Å². The molecule has 2 aromatic rings. The van der Waals surface area contributed by atoms with Crippen LogP contribution in [0.25, 0.3) is 10.8 Å². The van der Waals surface area contributed by atoms with Gasteiger partial charge in [-0.3, -0.25) is 0 Å². The number of hydrogen-bond acceptors (Lipinski definition) is 0. The zero-order valence-electron chi connectivity index (χ0n) is 7.58. The lowest BCUT2D eigenvalue weighted by molar-refractivity contribution is 0.179. The Morgan fingerprint density at radius 1 is 1.15 bits per heavy atom. The van der Waals surface area contributed by atoms with Gasteiger partial charge in [0.1, 0.15) is 6.61 Å². The highest BCUT2D eigenvalue weighted by Crippen LogP contribution is 2.20. The second kappa shape index (κ2) is 3.19. The van der Waals surface area contributed by atoms with E-state index in [4.69, 9.17) is 0 Å². The van der Waals surface area contributed by atoms with Crippen molar-refractivity contribution in [3.05, 3.63) is 47.5 Å². The molecule has 0 aromatic heterocycles. The van der Waals surface area contributed by atoms with Crippen molar-refractivity contribution in [2.45, 2.75) is 13.5 Å². The molecule has 0 aliphatic carbocycles. The van der Waals surface area contributed by atoms with Gasteiger partial charge in [-0.05, 0) is 23.3 Å². The van der Waals surface area contributed by atoms with Crippen LogP contribution in [-0.4, -0.2) is 0 Å². The van der Waals surface area contributed by atoms with Crippen molar-refractivity contribution in [3.63, 3.8) is 0 Å². The van der Waals surface area contributed by atoms with Gasteiger partial charge in [0.25, 0.3) is 0 Å². The number of fused-ring (bicyclic) bond motifs is 1. The summed E-state index contributed by atoms with van der Waals surface area (Å²) in [5.41, 5.74) is 2.06. The fourth-order valence-corrected chi connectivity index (χ4v) is 1.67. The highest BCUT2D eigenvalue weighted by Gasteiger charge is 2.00. The second-order valence-electron chi connectivity index (χ2n) is 3.29. The molecular weight excluding hydrogens is 160 g/mol. The molecule has 0 heterocycles. The fraction of sp³-hybridized carbons (Fsp3) is 0.167. The number of hydrogen-bond donors (Lipinski definition) is 0. The van der Waals surface area contributed by atoms with Crippen molar-refractivity contribution >= 4 is 10.8 Å². The van der Waals surface area contributed by atoms with Crippen LogP contribution < -0.4 is 0 Å². The molecule has 0 saturated heterocycles. The van der Waals surface area contributed by atoms with Gasteiger partial charge in [-0.15, -0.1) is 0 Å². The van der Waals surface area contributed by atoms with E-state index in [-0.39, 0.29) is 6.61 Å². The summed E-state index contributed by atoms with van der Waals surface area (Å²) in [6.45, 7) is 1.88. The molecule has 65 valence electrons. The maximum Gasteiger partial charge on any atom is 0.108 e. The Bertz CT molecular complexity index is 432. The molecule has 0 aliphatic heterocycles. The standard InChI is InChI=1S/C12H11O/c1-9-6-10-4-2-3-5-12(10)11(7-9)8-13/h2-7H,8H2,1H3. The summed E-state index contributed by atoms with van der Waals surface area (Å²) in [5, 5.41) is 13.1. The molecule has 0 amide bonds. The summed E-state index contributed by atoms with van der Waals surface area (Å²) < 4.78 is 0. The Kier molecular flexibility index (Phi) is 2.03. The number of benzene rings is 2. The van der Waals surface area contributed by atoms with E-state index < -0.39 is 0 Å². The third-order valence-corrected chi connectivity index (χ3v) is 2.25. The third-order valence-electron chi connectivity index (χ3n) is 2.25. The van der Waals surface area contributed by atoms with Crippen molar-refractivity contribution in [2.24, 2.45) is 0 Å². The van der Waals surface area contributed by atoms with Crippen LogP contribution in [0.5, 0.6) is 0 Å². The molecule has 1 heteroatoms. The van der Waals surface area contributed by atoms with Crippen LogP contribution in [0.2, 0.25) is 0 Å². The largest absolute Gasteiger partial charge is 0.232 e. The average molecular weight is 171 g/mol. The van der Waals surface area contributed by atoms with E-state index in [0.29, 0.717) is 0 Å². The maximum absolute atomic E-state index is 10.9. The van der Waals surface area contributed by atoms with Gasteiger partial charge >= 0.3 is 0 Å². The van der Waals surface area contributed by atoms with Gasteiger partial charge in [0, 0.05) is 0 Å². The fourth-order valence-electron chi connectivity index (χ4n) is 1.67. The first-order valence-electron chi connectivity index (χ1n) is 4.37. The van der Waals surface area contributed by atoms with E-state index in [1.807, 2.05) is 37.3 Å². The molecular formula is C12H11O. The monoisotopic (exact) mass is 171 g/mol. The predicted molar refractivity (Wildman–Crippen MR) is 53.1 cm³/mol. The second-order valence-corrected chi connectivity index (χ2v) is 3.29. The smallest absolute Gasteiger partial charge is 0.108 e. The van der Waals surface area contributed by atoms with E-state index in [0.717, 1.165) is 21.9 Å². The summed E-state index contributed by atoms with van der Waals surface area (Å²) >= 11 is 0. The average Bonchev–Trinajstić information content (AvgIpc) is 2.16. The molecule has 0 saturated carbocycles.